The van der Waals surface area contributed by atoms with E-state index < -0.39 is 30.3 Å². The second kappa shape index (κ2) is 11.0. The molecule has 0 bridgehead atoms. The molecule has 0 unspecified atom stereocenters. The maximum absolute atomic E-state index is 12.9. The van der Waals surface area contributed by atoms with Gasteiger partial charge in [-0.3, -0.25) is 14.4 Å². The molecule has 0 aromatic heterocycles. The highest BCUT2D eigenvalue weighted by molar-refractivity contribution is 8.14. The Hall–Kier alpha value is -3.21. The number of carbonyl (C=O) groups excluding carboxylic acids is 3. The van der Waals surface area contributed by atoms with Crippen molar-refractivity contribution in [2.45, 2.75) is 51.1 Å². The molecule has 2 saturated heterocycles. The molecule has 0 saturated carbocycles. The number of amides is 2. The normalized spacial score (nSPS) is 24.7. The fourth-order valence-electron chi connectivity index (χ4n) is 4.14. The number of para-hydroxylation sites is 1. The number of anilines is 1. The number of aliphatic imine (C=N–C) groups is 1. The average Bonchev–Trinajstić information content (AvgIpc) is 3.17. The van der Waals surface area contributed by atoms with Crippen LogP contribution in [0, 0.1) is 0 Å². The van der Waals surface area contributed by atoms with Crippen molar-refractivity contribution in [1.29, 1.82) is 0 Å². The molecular weight excluding hydrogens is 470 g/mol. The van der Waals surface area contributed by atoms with Crippen molar-refractivity contribution in [3.63, 3.8) is 0 Å². The molecule has 0 spiro atoms. The first kappa shape index (κ1) is 24.9. The van der Waals surface area contributed by atoms with Gasteiger partial charge in [0.15, 0.2) is 17.6 Å². The summed E-state index contributed by atoms with van der Waals surface area (Å²) < 4.78 is 17.8. The molecule has 2 fully saturated rings. The van der Waals surface area contributed by atoms with Gasteiger partial charge in [-0.25, -0.2) is 10.0 Å². The number of esters is 1. The SMILES string of the molecule is CC(=O)N=C1S[C@@H]2CO[C@H](OCc3ccccc3)[C@@H](OC(C)=O)[C@@H]2N1N(C(C)=O)c1ccccc1. The first-order chi connectivity index (χ1) is 16.8. The van der Waals surface area contributed by atoms with Crippen molar-refractivity contribution in [1.82, 2.24) is 5.01 Å². The lowest BCUT2D eigenvalue weighted by Crippen LogP contribution is -2.63. The van der Waals surface area contributed by atoms with Crippen molar-refractivity contribution in [3.05, 3.63) is 66.2 Å². The highest BCUT2D eigenvalue weighted by Crippen LogP contribution is 2.41. The number of nitrogens with zero attached hydrogens (tertiary/aromatic N) is 3. The number of ether oxygens (including phenoxy) is 3. The highest BCUT2D eigenvalue weighted by atomic mass is 32.2. The molecule has 0 aliphatic carbocycles. The van der Waals surface area contributed by atoms with Gasteiger partial charge in [-0.05, 0) is 17.7 Å². The molecule has 9 nitrogen and oxygen atoms in total. The molecule has 0 radical (unpaired) electrons. The van der Waals surface area contributed by atoms with E-state index in [4.69, 9.17) is 14.2 Å². The molecule has 4 rings (SSSR count). The molecule has 35 heavy (non-hydrogen) atoms. The first-order valence-electron chi connectivity index (χ1n) is 11.2. The molecule has 4 atom stereocenters. The quantitative estimate of drug-likeness (QED) is 0.562. The van der Waals surface area contributed by atoms with Crippen LogP contribution in [0.15, 0.2) is 65.7 Å². The largest absolute Gasteiger partial charge is 0.455 e. The molecule has 2 aliphatic heterocycles. The van der Waals surface area contributed by atoms with Gasteiger partial charge >= 0.3 is 5.97 Å². The van der Waals surface area contributed by atoms with Gasteiger partial charge in [0.2, 0.25) is 11.8 Å². The van der Waals surface area contributed by atoms with Crippen LogP contribution in [0.5, 0.6) is 0 Å². The molecule has 2 aromatic rings. The molecule has 2 amide bonds. The summed E-state index contributed by atoms with van der Waals surface area (Å²) in [6.45, 7) is 4.59. The topological polar surface area (TPSA) is 97.7 Å². The fraction of sp³-hybridized carbons (Fsp3) is 0.360. The zero-order chi connectivity index (χ0) is 24.9. The summed E-state index contributed by atoms with van der Waals surface area (Å²) in [5.41, 5.74) is 1.53. The van der Waals surface area contributed by atoms with E-state index in [9.17, 15) is 14.4 Å². The Morgan fingerprint density at radius 1 is 1.06 bits per heavy atom. The van der Waals surface area contributed by atoms with Gasteiger partial charge in [-0.15, -0.1) is 0 Å². The monoisotopic (exact) mass is 497 g/mol. The molecule has 184 valence electrons. The van der Waals surface area contributed by atoms with Crippen LogP contribution >= 0.6 is 11.8 Å². The van der Waals surface area contributed by atoms with Gasteiger partial charge in [0.1, 0.15) is 6.04 Å². The fourth-order valence-corrected chi connectivity index (χ4v) is 5.46. The van der Waals surface area contributed by atoms with E-state index in [0.717, 1.165) is 5.56 Å². The Morgan fingerprint density at radius 3 is 2.31 bits per heavy atom. The lowest BCUT2D eigenvalue weighted by molar-refractivity contribution is -0.241. The zero-order valence-electron chi connectivity index (χ0n) is 19.7. The maximum Gasteiger partial charge on any atom is 0.303 e. The number of rotatable bonds is 6. The second-order valence-electron chi connectivity index (χ2n) is 8.14. The summed E-state index contributed by atoms with van der Waals surface area (Å²) in [4.78, 5) is 41.2. The van der Waals surface area contributed by atoms with Crippen LogP contribution in [-0.4, -0.2) is 58.3 Å². The average molecular weight is 498 g/mol. The molecule has 2 aromatic carbocycles. The summed E-state index contributed by atoms with van der Waals surface area (Å²) in [5.74, 6) is -1.21. The van der Waals surface area contributed by atoms with E-state index in [1.807, 2.05) is 48.5 Å². The van der Waals surface area contributed by atoms with Crippen molar-refractivity contribution in [3.8, 4) is 0 Å². The standard InChI is InChI=1S/C25H27N3O6S/c1-16(29)26-25-28(27(17(2)30)20-12-8-5-9-13-20)22-21(35-25)15-33-24(23(22)34-18(3)31)32-14-19-10-6-4-7-11-19/h4-13,21-24H,14-15H2,1-3H3/t21-,22-,23+,24+/m1/s1. The smallest absolute Gasteiger partial charge is 0.303 e. The Labute approximate surface area is 208 Å². The summed E-state index contributed by atoms with van der Waals surface area (Å²) in [6, 6.07) is 18.1. The van der Waals surface area contributed by atoms with Crippen LogP contribution in [0.2, 0.25) is 0 Å². The van der Waals surface area contributed by atoms with E-state index in [-0.39, 0.29) is 24.4 Å². The number of hydrogen-bond donors (Lipinski definition) is 0. The minimum atomic E-state index is -0.885. The maximum atomic E-state index is 12.9. The molecule has 2 heterocycles. The number of benzene rings is 2. The Balaban J connectivity index is 1.73. The van der Waals surface area contributed by atoms with Crippen LogP contribution in [-0.2, 0) is 35.2 Å². The van der Waals surface area contributed by atoms with E-state index in [1.165, 1.54) is 37.5 Å². The number of carbonyl (C=O) groups is 3. The predicted molar refractivity (Wildman–Crippen MR) is 131 cm³/mol. The van der Waals surface area contributed by atoms with Crippen molar-refractivity contribution < 1.29 is 28.6 Å². The van der Waals surface area contributed by atoms with E-state index >= 15 is 0 Å². The summed E-state index contributed by atoms with van der Waals surface area (Å²) in [7, 11) is 0. The summed E-state index contributed by atoms with van der Waals surface area (Å²) in [6.07, 6.45) is -1.77. The molecule has 10 heteroatoms. The van der Waals surface area contributed by atoms with E-state index in [0.29, 0.717) is 10.9 Å². The third-order valence-corrected chi connectivity index (χ3v) is 6.68. The van der Waals surface area contributed by atoms with Gasteiger partial charge in [0.25, 0.3) is 0 Å². The Morgan fingerprint density at radius 2 is 1.71 bits per heavy atom. The number of thioether (sulfide) groups is 1. The number of amidine groups is 1. The number of hydrogen-bond acceptors (Lipinski definition) is 7. The zero-order valence-corrected chi connectivity index (χ0v) is 20.5. The number of hydrazine groups is 1. The minimum Gasteiger partial charge on any atom is -0.455 e. The number of fused-ring (bicyclic) bond motifs is 1. The molecular formula is C25H27N3O6S. The van der Waals surface area contributed by atoms with Crippen molar-refractivity contribution in [2.75, 3.05) is 11.6 Å². The Kier molecular flexibility index (Phi) is 7.84. The predicted octanol–water partition coefficient (Wildman–Crippen LogP) is 3.15. The third kappa shape index (κ3) is 5.72. The van der Waals surface area contributed by atoms with E-state index in [1.54, 1.807) is 17.1 Å². The van der Waals surface area contributed by atoms with Crippen LogP contribution in [0.25, 0.3) is 0 Å². The third-order valence-electron chi connectivity index (χ3n) is 5.47. The molecule has 0 N–H and O–H groups in total. The molecule has 2 aliphatic rings. The van der Waals surface area contributed by atoms with Crippen molar-refractivity contribution >= 4 is 40.4 Å². The van der Waals surface area contributed by atoms with Gasteiger partial charge < -0.3 is 14.2 Å². The van der Waals surface area contributed by atoms with Crippen LogP contribution < -0.4 is 5.01 Å². The first-order valence-corrected chi connectivity index (χ1v) is 12.1. The Bertz CT molecular complexity index is 1100. The summed E-state index contributed by atoms with van der Waals surface area (Å²) in [5, 5.41) is 3.16. The van der Waals surface area contributed by atoms with Gasteiger partial charge in [-0.2, -0.15) is 4.99 Å². The van der Waals surface area contributed by atoms with Crippen LogP contribution in [0.3, 0.4) is 0 Å². The summed E-state index contributed by atoms with van der Waals surface area (Å²) >= 11 is 1.31. The van der Waals surface area contributed by atoms with E-state index in [2.05, 4.69) is 4.99 Å². The van der Waals surface area contributed by atoms with Gasteiger partial charge in [0.05, 0.1) is 24.2 Å². The van der Waals surface area contributed by atoms with Gasteiger partial charge in [0, 0.05) is 20.8 Å². The van der Waals surface area contributed by atoms with Crippen molar-refractivity contribution in [2.24, 2.45) is 4.99 Å². The van der Waals surface area contributed by atoms with Crippen LogP contribution in [0.1, 0.15) is 26.3 Å². The second-order valence-corrected chi connectivity index (χ2v) is 9.35. The van der Waals surface area contributed by atoms with Crippen LogP contribution in [0.4, 0.5) is 5.69 Å². The minimum absolute atomic E-state index is 0.247. The lowest BCUT2D eigenvalue weighted by atomic mass is 10.0. The van der Waals surface area contributed by atoms with Gasteiger partial charge in [-0.1, -0.05) is 60.3 Å². The highest BCUT2D eigenvalue weighted by Gasteiger charge is 2.55. The lowest BCUT2D eigenvalue weighted by Gasteiger charge is -2.44.